The van der Waals surface area contributed by atoms with Gasteiger partial charge in [0.05, 0.1) is 23.7 Å². The van der Waals surface area contributed by atoms with Crippen molar-refractivity contribution >= 4 is 23.9 Å². The molecule has 0 spiro atoms. The molecular weight excluding hydrogens is 284 g/mol. The first-order chi connectivity index (χ1) is 9.73. The highest BCUT2D eigenvalue weighted by Crippen LogP contribution is 2.52. The van der Waals surface area contributed by atoms with Crippen molar-refractivity contribution in [3.63, 3.8) is 0 Å². The fourth-order valence-corrected chi connectivity index (χ4v) is 3.93. The van der Waals surface area contributed by atoms with E-state index in [1.807, 2.05) is 0 Å². The summed E-state index contributed by atoms with van der Waals surface area (Å²) >= 11 is 0. The van der Waals surface area contributed by atoms with Crippen LogP contribution in [0.15, 0.2) is 0 Å². The number of hydrogen-bond donors (Lipinski definition) is 4. The Labute approximate surface area is 119 Å². The van der Waals surface area contributed by atoms with Gasteiger partial charge in [0.25, 0.3) is 0 Å². The topological polar surface area (TPSA) is 149 Å². The van der Waals surface area contributed by atoms with Crippen molar-refractivity contribution in [2.45, 2.75) is 19.3 Å². The maximum absolute atomic E-state index is 11.3. The maximum Gasteiger partial charge on any atom is 0.307 e. The number of rotatable bonds is 4. The van der Waals surface area contributed by atoms with Gasteiger partial charge in [0, 0.05) is 0 Å². The third kappa shape index (κ3) is 2.57. The summed E-state index contributed by atoms with van der Waals surface area (Å²) in [6, 6.07) is 0. The van der Waals surface area contributed by atoms with Crippen LogP contribution in [0.5, 0.6) is 0 Å². The first-order valence-corrected chi connectivity index (χ1v) is 6.65. The summed E-state index contributed by atoms with van der Waals surface area (Å²) in [4.78, 5) is 45.0. The molecule has 0 aromatic carbocycles. The molecule has 2 saturated carbocycles. The van der Waals surface area contributed by atoms with Gasteiger partial charge < -0.3 is 20.4 Å². The van der Waals surface area contributed by atoms with Crippen molar-refractivity contribution in [3.05, 3.63) is 0 Å². The van der Waals surface area contributed by atoms with Gasteiger partial charge in [0.1, 0.15) is 0 Å². The maximum atomic E-state index is 11.3. The average Bonchev–Trinajstić information content (AvgIpc) is 2.75. The Morgan fingerprint density at radius 3 is 1.05 bits per heavy atom. The summed E-state index contributed by atoms with van der Waals surface area (Å²) in [6.45, 7) is 0. The molecule has 2 aliphatic rings. The van der Waals surface area contributed by atoms with Crippen LogP contribution in [-0.4, -0.2) is 44.3 Å². The molecule has 116 valence electrons. The molecule has 0 aromatic heterocycles. The zero-order valence-electron chi connectivity index (χ0n) is 11.0. The predicted octanol–water partition coefficient (Wildman–Crippen LogP) is 0.219. The molecule has 0 aromatic rings. The lowest BCUT2D eigenvalue weighted by atomic mass is 9.66. The van der Waals surface area contributed by atoms with E-state index in [1.165, 1.54) is 0 Å². The van der Waals surface area contributed by atoms with Gasteiger partial charge in [-0.2, -0.15) is 0 Å². The molecule has 21 heavy (non-hydrogen) atoms. The van der Waals surface area contributed by atoms with Gasteiger partial charge in [-0.25, -0.2) is 0 Å². The Morgan fingerprint density at radius 1 is 0.524 bits per heavy atom. The van der Waals surface area contributed by atoms with E-state index in [0.29, 0.717) is 0 Å². The van der Waals surface area contributed by atoms with Crippen molar-refractivity contribution in [2.75, 3.05) is 0 Å². The zero-order valence-corrected chi connectivity index (χ0v) is 11.0. The van der Waals surface area contributed by atoms with Crippen molar-refractivity contribution < 1.29 is 39.6 Å². The largest absolute Gasteiger partial charge is 0.481 e. The lowest BCUT2D eigenvalue weighted by Crippen LogP contribution is -2.42. The van der Waals surface area contributed by atoms with Crippen LogP contribution >= 0.6 is 0 Å². The summed E-state index contributed by atoms with van der Waals surface area (Å²) in [5, 5.41) is 36.7. The van der Waals surface area contributed by atoms with E-state index in [-0.39, 0.29) is 19.3 Å². The second-order valence-corrected chi connectivity index (χ2v) is 5.81. The van der Waals surface area contributed by atoms with Gasteiger partial charge in [-0.15, -0.1) is 0 Å². The number of carboxylic acid groups (broad SMARTS) is 4. The van der Waals surface area contributed by atoms with Crippen LogP contribution in [0.4, 0.5) is 0 Å². The number of aliphatic carboxylic acids is 4. The average molecular weight is 300 g/mol. The smallest absolute Gasteiger partial charge is 0.307 e. The normalized spacial score (nSPS) is 38.5. The van der Waals surface area contributed by atoms with Gasteiger partial charge in [-0.3, -0.25) is 19.2 Å². The van der Waals surface area contributed by atoms with Crippen LogP contribution in [0, 0.1) is 35.5 Å². The summed E-state index contributed by atoms with van der Waals surface area (Å²) in [7, 11) is 0. The van der Waals surface area contributed by atoms with E-state index >= 15 is 0 Å². The minimum Gasteiger partial charge on any atom is -0.481 e. The van der Waals surface area contributed by atoms with E-state index in [4.69, 9.17) is 10.2 Å². The van der Waals surface area contributed by atoms with Crippen LogP contribution in [-0.2, 0) is 19.2 Å². The predicted molar refractivity (Wildman–Crippen MR) is 65.3 cm³/mol. The second kappa shape index (κ2) is 5.34. The quantitative estimate of drug-likeness (QED) is 0.576. The van der Waals surface area contributed by atoms with Crippen LogP contribution in [0.3, 0.4) is 0 Å². The standard InChI is InChI=1S/C13H16O8/c14-10(15)6-3-7(11(16)17)5-2-9(13(20)21)8(12(18)19)1-4(5)6/h4-9H,1-3H2,(H,14,15)(H,16,17)(H,18,19)(H,20,21). The molecular formula is C13H16O8. The zero-order chi connectivity index (χ0) is 15.9. The van der Waals surface area contributed by atoms with Crippen LogP contribution in [0.25, 0.3) is 0 Å². The Hall–Kier alpha value is -2.12. The lowest BCUT2D eigenvalue weighted by molar-refractivity contribution is -0.160. The molecule has 2 aliphatic carbocycles. The fourth-order valence-electron chi connectivity index (χ4n) is 3.93. The molecule has 0 heterocycles. The molecule has 0 amide bonds. The number of fused-ring (bicyclic) bond motifs is 1. The molecule has 0 saturated heterocycles. The van der Waals surface area contributed by atoms with Crippen molar-refractivity contribution in [2.24, 2.45) is 35.5 Å². The summed E-state index contributed by atoms with van der Waals surface area (Å²) in [5.74, 6) is -10.2. The molecule has 6 unspecified atom stereocenters. The fraction of sp³-hybridized carbons (Fsp3) is 0.692. The van der Waals surface area contributed by atoms with Gasteiger partial charge in [-0.05, 0) is 31.1 Å². The highest BCUT2D eigenvalue weighted by Gasteiger charge is 2.56. The monoisotopic (exact) mass is 300 g/mol. The highest BCUT2D eigenvalue weighted by atomic mass is 16.4. The Morgan fingerprint density at radius 2 is 0.810 bits per heavy atom. The van der Waals surface area contributed by atoms with Crippen molar-refractivity contribution in [3.8, 4) is 0 Å². The SMILES string of the molecule is O=C(O)C1CC2C(C(=O)O)CC(C(=O)O)C2CC1C(=O)O. The highest BCUT2D eigenvalue weighted by molar-refractivity contribution is 5.81. The van der Waals surface area contributed by atoms with Crippen LogP contribution < -0.4 is 0 Å². The first kappa shape index (κ1) is 15.3. The third-order valence-corrected chi connectivity index (χ3v) is 4.90. The van der Waals surface area contributed by atoms with E-state index in [0.717, 1.165) is 0 Å². The van der Waals surface area contributed by atoms with Crippen LogP contribution in [0.1, 0.15) is 19.3 Å². The minimum atomic E-state index is -1.27. The van der Waals surface area contributed by atoms with Gasteiger partial charge in [-0.1, -0.05) is 0 Å². The number of carbonyl (C=O) groups is 4. The number of hydrogen-bond acceptors (Lipinski definition) is 4. The second-order valence-electron chi connectivity index (χ2n) is 5.81. The molecule has 6 atom stereocenters. The summed E-state index contributed by atoms with van der Waals surface area (Å²) in [5.41, 5.74) is 0. The summed E-state index contributed by atoms with van der Waals surface area (Å²) in [6.07, 6.45) is -0.270. The Kier molecular flexibility index (Phi) is 3.89. The number of carboxylic acids is 4. The molecule has 0 aliphatic heterocycles. The molecule has 0 bridgehead atoms. The molecule has 8 nitrogen and oxygen atoms in total. The molecule has 8 heteroatoms. The van der Waals surface area contributed by atoms with Gasteiger partial charge in [0.15, 0.2) is 0 Å². The Balaban J connectivity index is 2.34. The first-order valence-electron chi connectivity index (χ1n) is 6.65. The van der Waals surface area contributed by atoms with Crippen molar-refractivity contribution in [1.82, 2.24) is 0 Å². The van der Waals surface area contributed by atoms with E-state index < -0.39 is 59.4 Å². The van der Waals surface area contributed by atoms with Gasteiger partial charge >= 0.3 is 23.9 Å². The van der Waals surface area contributed by atoms with E-state index in [9.17, 15) is 29.4 Å². The minimum absolute atomic E-state index is 0.0708. The van der Waals surface area contributed by atoms with E-state index in [1.54, 1.807) is 0 Å². The molecule has 0 radical (unpaired) electrons. The third-order valence-electron chi connectivity index (χ3n) is 4.90. The molecule has 2 rings (SSSR count). The van der Waals surface area contributed by atoms with Crippen molar-refractivity contribution in [1.29, 1.82) is 0 Å². The van der Waals surface area contributed by atoms with Crippen LogP contribution in [0.2, 0.25) is 0 Å². The van der Waals surface area contributed by atoms with Gasteiger partial charge in [0.2, 0.25) is 0 Å². The molecule has 2 fully saturated rings. The molecule has 4 N–H and O–H groups in total. The lowest BCUT2D eigenvalue weighted by Gasteiger charge is -2.36. The Bertz CT molecular complexity index is 454. The summed E-state index contributed by atoms with van der Waals surface area (Å²) < 4.78 is 0. The van der Waals surface area contributed by atoms with E-state index in [2.05, 4.69) is 0 Å².